The second kappa shape index (κ2) is 9.84. The fraction of sp³-hybridized carbons (Fsp3) is 0.519. The molecule has 7 nitrogen and oxygen atoms in total. The molecule has 1 saturated carbocycles. The molecule has 0 bridgehead atoms. The molecule has 1 aromatic carbocycles. The van der Waals surface area contributed by atoms with E-state index in [4.69, 9.17) is 0 Å². The van der Waals surface area contributed by atoms with Crippen molar-refractivity contribution < 1.29 is 4.79 Å². The lowest BCUT2D eigenvalue weighted by atomic mass is 9.81. The highest BCUT2D eigenvalue weighted by Gasteiger charge is 2.28. The molecule has 2 aromatic heterocycles. The molecule has 1 amide bonds. The van der Waals surface area contributed by atoms with Gasteiger partial charge in [0.1, 0.15) is 11.6 Å². The summed E-state index contributed by atoms with van der Waals surface area (Å²) in [5.74, 6) is 2.54. The van der Waals surface area contributed by atoms with Crippen LogP contribution in [0, 0.1) is 18.8 Å². The van der Waals surface area contributed by atoms with E-state index in [0.717, 1.165) is 59.5 Å². The highest BCUT2D eigenvalue weighted by atomic mass is 16.1. The molecule has 180 valence electrons. The molecule has 5 rings (SSSR count). The van der Waals surface area contributed by atoms with Crippen molar-refractivity contribution in [3.8, 4) is 11.3 Å². The van der Waals surface area contributed by atoms with Gasteiger partial charge in [0, 0.05) is 62.8 Å². The lowest BCUT2D eigenvalue weighted by Crippen LogP contribution is -2.46. The SMILES string of the molecule is Cc1ncc(-c2ccc3cnc(NC(=O)[C@H]4CC[C@@H](CN5CCN(C)CC5)CC4)cc3c2)n1C. The molecular formula is C27H36N6O. The third-order valence-corrected chi connectivity index (χ3v) is 7.82. The average molecular weight is 461 g/mol. The van der Waals surface area contributed by atoms with Crippen LogP contribution in [-0.2, 0) is 11.8 Å². The van der Waals surface area contributed by atoms with Crippen molar-refractivity contribution in [2.75, 3.05) is 45.1 Å². The van der Waals surface area contributed by atoms with Crippen molar-refractivity contribution in [1.29, 1.82) is 0 Å². The minimum absolute atomic E-state index is 0.0880. The standard InChI is InChI=1S/C27H36N6O/c1-19-28-17-25(32(19)3)22-8-9-23-16-29-26(15-24(23)14-22)30-27(34)21-6-4-20(5-7-21)18-33-12-10-31(2)11-13-33/h8-9,14-17,20-21H,4-7,10-13,18H2,1-3H3,(H,29,30,34)/t20-,21+. The maximum Gasteiger partial charge on any atom is 0.228 e. The zero-order chi connectivity index (χ0) is 23.7. The van der Waals surface area contributed by atoms with Crippen LogP contribution in [0.3, 0.4) is 0 Å². The van der Waals surface area contributed by atoms with E-state index in [1.54, 1.807) is 0 Å². The number of rotatable bonds is 5. The molecule has 2 fully saturated rings. The van der Waals surface area contributed by atoms with Gasteiger partial charge in [-0.15, -0.1) is 0 Å². The van der Waals surface area contributed by atoms with Gasteiger partial charge in [-0.2, -0.15) is 0 Å². The van der Waals surface area contributed by atoms with Gasteiger partial charge in [0.15, 0.2) is 0 Å². The number of likely N-dealkylation sites (N-methyl/N-ethyl adjacent to an activating group) is 1. The molecule has 1 aliphatic heterocycles. The third-order valence-electron chi connectivity index (χ3n) is 7.82. The first kappa shape index (κ1) is 23.0. The summed E-state index contributed by atoms with van der Waals surface area (Å²) in [4.78, 5) is 26.9. The van der Waals surface area contributed by atoms with E-state index in [9.17, 15) is 4.79 Å². The van der Waals surface area contributed by atoms with Crippen LogP contribution in [0.4, 0.5) is 5.82 Å². The summed E-state index contributed by atoms with van der Waals surface area (Å²) in [5.41, 5.74) is 2.19. The first-order chi connectivity index (χ1) is 16.5. The Bertz CT molecular complexity index is 1160. The first-order valence-electron chi connectivity index (χ1n) is 12.6. The van der Waals surface area contributed by atoms with Crippen molar-refractivity contribution in [3.05, 3.63) is 42.5 Å². The van der Waals surface area contributed by atoms with E-state index in [1.807, 2.05) is 32.4 Å². The molecular weight excluding hydrogens is 424 g/mol. The number of hydrogen-bond acceptors (Lipinski definition) is 5. The second-order valence-corrected chi connectivity index (χ2v) is 10.2. The number of piperazine rings is 1. The minimum Gasteiger partial charge on any atom is -0.331 e. The molecule has 0 spiro atoms. The summed E-state index contributed by atoms with van der Waals surface area (Å²) in [6.07, 6.45) is 7.98. The first-order valence-corrected chi connectivity index (χ1v) is 12.6. The number of fused-ring (bicyclic) bond motifs is 1. The smallest absolute Gasteiger partial charge is 0.228 e. The third kappa shape index (κ3) is 5.00. The number of imidazole rings is 1. The van der Waals surface area contributed by atoms with E-state index in [0.29, 0.717) is 5.82 Å². The molecule has 0 unspecified atom stereocenters. The van der Waals surface area contributed by atoms with Crippen LogP contribution in [0.2, 0.25) is 0 Å². The molecule has 1 N–H and O–H groups in total. The Kier molecular flexibility index (Phi) is 6.66. The van der Waals surface area contributed by atoms with Crippen LogP contribution < -0.4 is 5.32 Å². The lowest BCUT2D eigenvalue weighted by molar-refractivity contribution is -0.121. The molecule has 1 aliphatic carbocycles. The number of carbonyl (C=O) groups is 1. The molecule has 34 heavy (non-hydrogen) atoms. The van der Waals surface area contributed by atoms with Gasteiger partial charge in [0.25, 0.3) is 0 Å². The van der Waals surface area contributed by atoms with Crippen LogP contribution in [0.5, 0.6) is 0 Å². The quantitative estimate of drug-likeness (QED) is 0.625. The Balaban J connectivity index is 1.19. The van der Waals surface area contributed by atoms with Gasteiger partial charge < -0.3 is 19.7 Å². The Labute approximate surface area is 202 Å². The number of aryl methyl sites for hydroxylation is 1. The Hall–Kier alpha value is -2.77. The van der Waals surface area contributed by atoms with Gasteiger partial charge in [-0.1, -0.05) is 12.1 Å². The number of hydrogen-bond donors (Lipinski definition) is 1. The van der Waals surface area contributed by atoms with Gasteiger partial charge in [0.05, 0.1) is 11.9 Å². The second-order valence-electron chi connectivity index (χ2n) is 10.2. The predicted molar refractivity (Wildman–Crippen MR) is 137 cm³/mol. The molecule has 1 saturated heterocycles. The number of nitrogens with zero attached hydrogens (tertiary/aromatic N) is 5. The maximum absolute atomic E-state index is 13.0. The number of pyridine rings is 1. The predicted octanol–water partition coefficient (Wildman–Crippen LogP) is 3.94. The van der Waals surface area contributed by atoms with Gasteiger partial charge in [-0.25, -0.2) is 9.97 Å². The summed E-state index contributed by atoms with van der Waals surface area (Å²) >= 11 is 0. The normalized spacial score (nSPS) is 22.2. The van der Waals surface area contributed by atoms with E-state index >= 15 is 0 Å². The summed E-state index contributed by atoms with van der Waals surface area (Å²) in [5, 5.41) is 5.22. The Morgan fingerprint density at radius 1 is 0.971 bits per heavy atom. The van der Waals surface area contributed by atoms with E-state index < -0.39 is 0 Å². The molecule has 3 aromatic rings. The average Bonchev–Trinajstić information content (AvgIpc) is 3.18. The van der Waals surface area contributed by atoms with Crippen LogP contribution in [-0.4, -0.2) is 70.0 Å². The van der Waals surface area contributed by atoms with Crippen molar-refractivity contribution in [2.45, 2.75) is 32.6 Å². The topological polar surface area (TPSA) is 66.3 Å². The fourth-order valence-corrected chi connectivity index (χ4v) is 5.37. The van der Waals surface area contributed by atoms with Crippen molar-refractivity contribution in [1.82, 2.24) is 24.3 Å². The summed E-state index contributed by atoms with van der Waals surface area (Å²) < 4.78 is 2.09. The number of nitrogens with one attached hydrogen (secondary N) is 1. The molecule has 2 aliphatic rings. The summed E-state index contributed by atoms with van der Waals surface area (Å²) in [6.45, 7) is 7.87. The lowest BCUT2D eigenvalue weighted by Gasteiger charge is -2.36. The molecule has 0 radical (unpaired) electrons. The van der Waals surface area contributed by atoms with E-state index in [-0.39, 0.29) is 11.8 Å². The maximum atomic E-state index is 13.0. The number of aromatic nitrogens is 3. The number of amides is 1. The number of anilines is 1. The fourth-order valence-electron chi connectivity index (χ4n) is 5.37. The zero-order valence-corrected chi connectivity index (χ0v) is 20.6. The van der Waals surface area contributed by atoms with Crippen molar-refractivity contribution in [2.24, 2.45) is 18.9 Å². The highest BCUT2D eigenvalue weighted by Crippen LogP contribution is 2.31. The molecule has 0 atom stereocenters. The van der Waals surface area contributed by atoms with Crippen molar-refractivity contribution in [3.63, 3.8) is 0 Å². The molecule has 3 heterocycles. The monoisotopic (exact) mass is 460 g/mol. The van der Waals surface area contributed by atoms with Crippen molar-refractivity contribution >= 4 is 22.5 Å². The zero-order valence-electron chi connectivity index (χ0n) is 20.6. The van der Waals surface area contributed by atoms with Gasteiger partial charge >= 0.3 is 0 Å². The number of benzene rings is 1. The molecule has 7 heteroatoms. The van der Waals surface area contributed by atoms with Crippen LogP contribution in [0.1, 0.15) is 31.5 Å². The largest absolute Gasteiger partial charge is 0.331 e. The summed E-state index contributed by atoms with van der Waals surface area (Å²) in [6, 6.07) is 8.30. The van der Waals surface area contributed by atoms with Crippen LogP contribution in [0.15, 0.2) is 36.7 Å². The Morgan fingerprint density at radius 2 is 1.74 bits per heavy atom. The van der Waals surface area contributed by atoms with Gasteiger partial charge in [-0.05, 0) is 63.1 Å². The summed E-state index contributed by atoms with van der Waals surface area (Å²) in [7, 11) is 4.23. The van der Waals surface area contributed by atoms with E-state index in [1.165, 1.54) is 32.7 Å². The van der Waals surface area contributed by atoms with Gasteiger partial charge in [0.2, 0.25) is 5.91 Å². The van der Waals surface area contributed by atoms with Crippen LogP contribution in [0.25, 0.3) is 22.0 Å². The highest BCUT2D eigenvalue weighted by molar-refractivity contribution is 5.95. The van der Waals surface area contributed by atoms with E-state index in [2.05, 4.69) is 54.9 Å². The minimum atomic E-state index is 0.0880. The Morgan fingerprint density at radius 3 is 2.44 bits per heavy atom. The number of carbonyl (C=O) groups excluding carboxylic acids is 1. The van der Waals surface area contributed by atoms with Crippen LogP contribution >= 0.6 is 0 Å². The van der Waals surface area contributed by atoms with Gasteiger partial charge in [-0.3, -0.25) is 4.79 Å².